The highest BCUT2D eigenvalue weighted by Gasteiger charge is 2.33. The first-order chi connectivity index (χ1) is 9.21. The van der Waals surface area contributed by atoms with Gasteiger partial charge in [0.05, 0.1) is 12.6 Å². The molecule has 1 rings (SSSR count). The van der Waals surface area contributed by atoms with E-state index in [2.05, 4.69) is 5.32 Å². The van der Waals surface area contributed by atoms with E-state index in [9.17, 15) is 14.4 Å². The van der Waals surface area contributed by atoms with Gasteiger partial charge in [0.1, 0.15) is 12.1 Å². The number of carbonyl (C=O) groups excluding carboxylic acids is 3. The van der Waals surface area contributed by atoms with Crippen molar-refractivity contribution in [2.24, 2.45) is 0 Å². The number of rotatable bonds is 4. The van der Waals surface area contributed by atoms with Gasteiger partial charge in [-0.3, -0.25) is 9.59 Å². The molecule has 0 aromatic heterocycles. The van der Waals surface area contributed by atoms with Crippen molar-refractivity contribution in [2.45, 2.75) is 45.8 Å². The average molecular weight is 286 g/mol. The van der Waals surface area contributed by atoms with Crippen LogP contribution in [0, 0.1) is 0 Å². The molecule has 114 valence electrons. The maximum Gasteiger partial charge on any atom is 0.407 e. The number of nitrogens with one attached hydrogen (secondary N) is 1. The van der Waals surface area contributed by atoms with Gasteiger partial charge in [-0.1, -0.05) is 0 Å². The van der Waals surface area contributed by atoms with Crippen molar-refractivity contribution in [1.29, 1.82) is 0 Å². The number of nitrogens with zero attached hydrogens (tertiary/aromatic N) is 1. The van der Waals surface area contributed by atoms with Gasteiger partial charge in [-0.2, -0.15) is 0 Å². The molecule has 1 fully saturated rings. The second kappa shape index (κ2) is 6.58. The van der Waals surface area contributed by atoms with Crippen molar-refractivity contribution in [3.8, 4) is 0 Å². The summed E-state index contributed by atoms with van der Waals surface area (Å²) in [5.74, 6) is -0.627. The molecule has 1 aliphatic heterocycles. The first kappa shape index (κ1) is 16.3. The summed E-state index contributed by atoms with van der Waals surface area (Å²) >= 11 is 0. The molecule has 1 N–H and O–H groups in total. The predicted molar refractivity (Wildman–Crippen MR) is 71.0 cm³/mol. The van der Waals surface area contributed by atoms with E-state index in [1.165, 1.54) is 4.90 Å². The molecule has 2 amide bonds. The minimum absolute atomic E-state index is 0.0842. The van der Waals surface area contributed by atoms with E-state index < -0.39 is 17.7 Å². The van der Waals surface area contributed by atoms with Gasteiger partial charge >= 0.3 is 12.1 Å². The summed E-state index contributed by atoms with van der Waals surface area (Å²) in [6.45, 7) is 7.48. The molecule has 0 aromatic rings. The van der Waals surface area contributed by atoms with Gasteiger partial charge < -0.3 is 19.7 Å². The van der Waals surface area contributed by atoms with E-state index in [0.29, 0.717) is 0 Å². The van der Waals surface area contributed by atoms with Gasteiger partial charge in [-0.25, -0.2) is 4.79 Å². The Labute approximate surface area is 118 Å². The molecule has 1 saturated heterocycles. The summed E-state index contributed by atoms with van der Waals surface area (Å²) in [5.41, 5.74) is -0.586. The molecular formula is C13H22N2O5. The Morgan fingerprint density at radius 2 is 2.05 bits per heavy atom. The summed E-state index contributed by atoms with van der Waals surface area (Å²) in [6, 6.07) is -0.341. The van der Waals surface area contributed by atoms with Crippen molar-refractivity contribution in [2.75, 3.05) is 19.7 Å². The van der Waals surface area contributed by atoms with E-state index in [0.717, 1.165) is 0 Å². The van der Waals surface area contributed by atoms with Gasteiger partial charge in [-0.05, 0) is 27.7 Å². The van der Waals surface area contributed by atoms with Gasteiger partial charge in [0.25, 0.3) is 0 Å². The zero-order valence-corrected chi connectivity index (χ0v) is 12.4. The number of hydrogen-bond donors (Lipinski definition) is 1. The zero-order chi connectivity index (χ0) is 15.3. The minimum atomic E-state index is -0.586. The summed E-state index contributed by atoms with van der Waals surface area (Å²) in [7, 11) is 0. The maximum atomic E-state index is 11.7. The first-order valence-corrected chi connectivity index (χ1v) is 6.64. The highest BCUT2D eigenvalue weighted by atomic mass is 16.6. The summed E-state index contributed by atoms with van der Waals surface area (Å²) in [6.07, 6.45) is -0.396. The lowest BCUT2D eigenvalue weighted by Gasteiger charge is -2.21. The number of likely N-dealkylation sites (tertiary alicyclic amines) is 1. The molecule has 7 nitrogen and oxygen atoms in total. The fourth-order valence-electron chi connectivity index (χ4n) is 1.86. The predicted octanol–water partition coefficient (Wildman–Crippen LogP) is 0.675. The topological polar surface area (TPSA) is 84.9 Å². The van der Waals surface area contributed by atoms with Crippen molar-refractivity contribution in [1.82, 2.24) is 10.2 Å². The number of alkyl carbamates (subject to hydrolysis) is 1. The molecule has 0 spiro atoms. The van der Waals surface area contributed by atoms with Gasteiger partial charge in [0.2, 0.25) is 5.91 Å². The van der Waals surface area contributed by atoms with Crippen LogP contribution >= 0.6 is 0 Å². The lowest BCUT2D eigenvalue weighted by molar-refractivity contribution is -0.147. The third-order valence-electron chi connectivity index (χ3n) is 2.56. The quantitative estimate of drug-likeness (QED) is 0.768. The van der Waals surface area contributed by atoms with Crippen LogP contribution < -0.4 is 5.32 Å². The maximum absolute atomic E-state index is 11.7. The standard InChI is InChI=1S/C13H22N2O5/c1-5-19-11(17)8-15-7-9(6-10(15)16)14-12(18)20-13(2,3)4/h9H,5-8H2,1-4H3,(H,14,18)/t9-/m0/s1. The highest BCUT2D eigenvalue weighted by molar-refractivity contribution is 5.85. The molecular weight excluding hydrogens is 264 g/mol. The number of esters is 1. The van der Waals surface area contributed by atoms with Crippen LogP contribution in [0.15, 0.2) is 0 Å². The second-order valence-electron chi connectivity index (χ2n) is 5.63. The number of ether oxygens (including phenoxy) is 2. The van der Waals surface area contributed by atoms with Crippen LogP contribution in [0.5, 0.6) is 0 Å². The summed E-state index contributed by atoms with van der Waals surface area (Å²) < 4.78 is 9.91. The SMILES string of the molecule is CCOC(=O)CN1C[C@@H](NC(=O)OC(C)(C)C)CC1=O. The van der Waals surface area contributed by atoms with Crippen LogP contribution in [-0.4, -0.2) is 54.2 Å². The number of amides is 2. The number of carbonyl (C=O) groups is 3. The van der Waals surface area contributed by atoms with Crippen LogP contribution in [0.25, 0.3) is 0 Å². The zero-order valence-electron chi connectivity index (χ0n) is 12.4. The Bertz CT molecular complexity index is 389. The Balaban J connectivity index is 2.43. The summed E-state index contributed by atoms with van der Waals surface area (Å²) in [4.78, 5) is 36.0. The van der Waals surface area contributed by atoms with Crippen LogP contribution in [0.2, 0.25) is 0 Å². The van der Waals surface area contributed by atoms with Gasteiger partial charge in [0.15, 0.2) is 0 Å². The third-order valence-corrected chi connectivity index (χ3v) is 2.56. The lowest BCUT2D eigenvalue weighted by Crippen LogP contribution is -2.41. The molecule has 0 radical (unpaired) electrons. The minimum Gasteiger partial charge on any atom is -0.465 e. The van der Waals surface area contributed by atoms with E-state index >= 15 is 0 Å². The molecule has 1 aliphatic rings. The third kappa shape index (κ3) is 5.46. The molecule has 0 saturated carbocycles. The van der Waals surface area contributed by atoms with Crippen LogP contribution in [0.3, 0.4) is 0 Å². The van der Waals surface area contributed by atoms with E-state index in [1.54, 1.807) is 27.7 Å². The molecule has 0 aromatic carbocycles. The average Bonchev–Trinajstić information content (AvgIpc) is 2.56. The fourth-order valence-corrected chi connectivity index (χ4v) is 1.86. The molecule has 1 heterocycles. The molecule has 0 unspecified atom stereocenters. The smallest absolute Gasteiger partial charge is 0.407 e. The van der Waals surface area contributed by atoms with Gasteiger partial charge in [0, 0.05) is 13.0 Å². The summed E-state index contributed by atoms with van der Waals surface area (Å²) in [5, 5.41) is 2.63. The Morgan fingerprint density at radius 1 is 1.40 bits per heavy atom. The van der Waals surface area contributed by atoms with Crippen molar-refractivity contribution in [3.63, 3.8) is 0 Å². The largest absolute Gasteiger partial charge is 0.465 e. The van der Waals surface area contributed by atoms with E-state index in [-0.39, 0.29) is 38.1 Å². The normalized spacial score (nSPS) is 18.9. The van der Waals surface area contributed by atoms with Gasteiger partial charge in [-0.15, -0.1) is 0 Å². The van der Waals surface area contributed by atoms with Crippen molar-refractivity contribution < 1.29 is 23.9 Å². The highest BCUT2D eigenvalue weighted by Crippen LogP contribution is 2.13. The molecule has 1 atom stereocenters. The van der Waals surface area contributed by atoms with E-state index in [1.807, 2.05) is 0 Å². The van der Waals surface area contributed by atoms with Crippen LogP contribution in [0.1, 0.15) is 34.1 Å². The van der Waals surface area contributed by atoms with Crippen LogP contribution in [0.4, 0.5) is 4.79 Å². The Morgan fingerprint density at radius 3 is 2.60 bits per heavy atom. The molecule has 0 bridgehead atoms. The van der Waals surface area contributed by atoms with Crippen molar-refractivity contribution >= 4 is 18.0 Å². The number of hydrogen-bond acceptors (Lipinski definition) is 5. The molecule has 7 heteroatoms. The van der Waals surface area contributed by atoms with Crippen molar-refractivity contribution in [3.05, 3.63) is 0 Å². The second-order valence-corrected chi connectivity index (χ2v) is 5.63. The fraction of sp³-hybridized carbons (Fsp3) is 0.769. The Hall–Kier alpha value is -1.79. The molecule has 20 heavy (non-hydrogen) atoms. The monoisotopic (exact) mass is 286 g/mol. The molecule has 0 aliphatic carbocycles. The van der Waals surface area contributed by atoms with Crippen LogP contribution in [-0.2, 0) is 19.1 Å². The lowest BCUT2D eigenvalue weighted by atomic mass is 10.2. The Kier molecular flexibility index (Phi) is 5.35. The van der Waals surface area contributed by atoms with E-state index in [4.69, 9.17) is 9.47 Å². The first-order valence-electron chi connectivity index (χ1n) is 6.64.